The van der Waals surface area contributed by atoms with Crippen LogP contribution in [0, 0.1) is 11.3 Å². The van der Waals surface area contributed by atoms with Gasteiger partial charge in [0.15, 0.2) is 11.6 Å². The van der Waals surface area contributed by atoms with Gasteiger partial charge in [0.2, 0.25) is 5.91 Å². The van der Waals surface area contributed by atoms with Crippen LogP contribution >= 0.6 is 0 Å². The standard InChI is InChI=1S/C21H23N5O9S2.2Na/c1-21(2)13-35-19(25(21)12-18(27)23-9-10-36(29,30)31)8-7-16-17(11-22)24-26(20(16)28)14-3-5-15(6-4-14)37(32,33)34;;/h3-8H,9-10,12-13H2,1-2H3,(H,23,27)(H,29,30,31)(H,32,33,34);;/q;2*+1/p-2. The number of rotatable bonds is 8. The van der Waals surface area contributed by atoms with Gasteiger partial charge in [0.25, 0.3) is 5.91 Å². The van der Waals surface area contributed by atoms with Gasteiger partial charge in [-0.3, -0.25) is 9.59 Å². The molecule has 1 N–H and O–H groups in total. The van der Waals surface area contributed by atoms with Crippen molar-refractivity contribution < 1.29 is 99.4 Å². The minimum Gasteiger partial charge on any atom is -0.748 e. The fourth-order valence-corrected chi connectivity index (χ4v) is 4.20. The van der Waals surface area contributed by atoms with Crippen molar-refractivity contribution in [2.75, 3.05) is 30.5 Å². The van der Waals surface area contributed by atoms with Gasteiger partial charge in [-0.2, -0.15) is 15.4 Å². The normalized spacial score (nSPS) is 18.6. The number of ether oxygens (including phenoxy) is 1. The molecule has 2 amide bonds. The van der Waals surface area contributed by atoms with E-state index in [0.29, 0.717) is 0 Å². The molecule has 3 rings (SSSR count). The Balaban J connectivity index is 0.00000380. The molecule has 0 radical (unpaired) electrons. The van der Waals surface area contributed by atoms with Crippen LogP contribution in [-0.2, 0) is 34.6 Å². The zero-order valence-corrected chi connectivity index (χ0v) is 27.2. The van der Waals surface area contributed by atoms with E-state index in [-0.39, 0.29) is 102 Å². The van der Waals surface area contributed by atoms with Crippen LogP contribution in [0.5, 0.6) is 0 Å². The molecule has 2 aliphatic rings. The van der Waals surface area contributed by atoms with Crippen molar-refractivity contribution >= 4 is 43.4 Å². The molecule has 18 heteroatoms. The number of benzene rings is 1. The number of hydrogen-bond acceptors (Lipinski definition) is 12. The van der Waals surface area contributed by atoms with Crippen LogP contribution in [0.4, 0.5) is 5.69 Å². The van der Waals surface area contributed by atoms with E-state index in [4.69, 9.17) is 4.74 Å². The van der Waals surface area contributed by atoms with Crippen molar-refractivity contribution in [3.8, 4) is 6.07 Å². The quantitative estimate of drug-likeness (QED) is 0.169. The summed E-state index contributed by atoms with van der Waals surface area (Å²) in [6, 6.07) is 6.23. The number of allylic oxidation sites excluding steroid dienone is 2. The summed E-state index contributed by atoms with van der Waals surface area (Å²) in [7, 11) is -9.17. The van der Waals surface area contributed by atoms with E-state index >= 15 is 0 Å². The van der Waals surface area contributed by atoms with E-state index in [1.54, 1.807) is 24.8 Å². The van der Waals surface area contributed by atoms with Gasteiger partial charge in [0, 0.05) is 6.54 Å². The van der Waals surface area contributed by atoms with Crippen LogP contribution in [0.3, 0.4) is 0 Å². The van der Waals surface area contributed by atoms with Gasteiger partial charge < -0.3 is 24.1 Å². The maximum Gasteiger partial charge on any atom is 1.00 e. The topological polar surface area (TPSA) is 212 Å². The largest absolute Gasteiger partial charge is 1.00 e. The number of carbonyl (C=O) groups is 2. The molecule has 0 atom stereocenters. The Morgan fingerprint density at radius 1 is 1.18 bits per heavy atom. The fraction of sp³-hybridized carbons (Fsp3) is 0.333. The van der Waals surface area contributed by atoms with E-state index in [1.807, 2.05) is 0 Å². The summed E-state index contributed by atoms with van der Waals surface area (Å²) in [6.07, 6.45) is 2.66. The Morgan fingerprint density at radius 3 is 2.33 bits per heavy atom. The van der Waals surface area contributed by atoms with E-state index in [0.717, 1.165) is 17.1 Å². The van der Waals surface area contributed by atoms with Crippen molar-refractivity contribution in [1.29, 1.82) is 5.26 Å². The molecule has 198 valence electrons. The number of nitrogens with zero attached hydrogens (tertiary/aromatic N) is 4. The molecule has 0 aromatic heterocycles. The van der Waals surface area contributed by atoms with E-state index in [1.165, 1.54) is 24.3 Å². The summed E-state index contributed by atoms with van der Waals surface area (Å²) in [5.41, 5.74) is -0.872. The van der Waals surface area contributed by atoms with E-state index in [9.17, 15) is 40.8 Å². The van der Waals surface area contributed by atoms with Crippen LogP contribution in [0.1, 0.15) is 13.8 Å². The molecule has 39 heavy (non-hydrogen) atoms. The minimum absolute atomic E-state index is 0. The smallest absolute Gasteiger partial charge is 0.748 e. The van der Waals surface area contributed by atoms with Crippen molar-refractivity contribution in [1.82, 2.24) is 10.2 Å². The zero-order chi connectivity index (χ0) is 27.6. The first kappa shape index (κ1) is 35.2. The number of hydrogen-bond donors (Lipinski definition) is 1. The molecule has 0 saturated carbocycles. The zero-order valence-electron chi connectivity index (χ0n) is 21.6. The van der Waals surface area contributed by atoms with Crippen LogP contribution in [-0.4, -0.2) is 79.4 Å². The average molecular weight is 598 g/mol. The maximum absolute atomic E-state index is 12.9. The van der Waals surface area contributed by atoms with E-state index < -0.39 is 48.2 Å². The molecule has 2 heterocycles. The second-order valence-corrected chi connectivity index (χ2v) is 11.4. The fourth-order valence-electron chi connectivity index (χ4n) is 3.38. The first-order chi connectivity index (χ1) is 17.1. The van der Waals surface area contributed by atoms with Gasteiger partial charge >= 0.3 is 59.1 Å². The summed E-state index contributed by atoms with van der Waals surface area (Å²) >= 11 is 0. The first-order valence-corrected chi connectivity index (χ1v) is 13.5. The van der Waals surface area contributed by atoms with Gasteiger partial charge in [0.1, 0.15) is 29.3 Å². The van der Waals surface area contributed by atoms with Crippen LogP contribution < -0.4 is 69.4 Å². The van der Waals surface area contributed by atoms with Crippen molar-refractivity contribution in [2.45, 2.75) is 24.3 Å². The molecular weight excluding hydrogens is 576 g/mol. The molecule has 0 bridgehead atoms. The molecule has 1 aromatic carbocycles. The number of carbonyl (C=O) groups excluding carboxylic acids is 2. The van der Waals surface area contributed by atoms with E-state index in [2.05, 4.69) is 10.4 Å². The van der Waals surface area contributed by atoms with Gasteiger partial charge in [-0.25, -0.2) is 16.8 Å². The van der Waals surface area contributed by atoms with Crippen molar-refractivity contribution in [3.63, 3.8) is 0 Å². The third kappa shape index (κ3) is 9.11. The van der Waals surface area contributed by atoms with Crippen LogP contribution in [0.25, 0.3) is 0 Å². The van der Waals surface area contributed by atoms with Crippen LogP contribution in [0.2, 0.25) is 0 Å². The summed E-state index contributed by atoms with van der Waals surface area (Å²) in [5.74, 6) is -1.83. The first-order valence-electron chi connectivity index (χ1n) is 10.5. The summed E-state index contributed by atoms with van der Waals surface area (Å²) in [5, 5.41) is 16.6. The van der Waals surface area contributed by atoms with Crippen molar-refractivity contribution in [2.24, 2.45) is 5.10 Å². The molecule has 0 spiro atoms. The molecule has 2 aliphatic heterocycles. The average Bonchev–Trinajstić information content (AvgIpc) is 3.26. The Morgan fingerprint density at radius 2 is 1.79 bits per heavy atom. The molecule has 0 unspecified atom stereocenters. The monoisotopic (exact) mass is 597 g/mol. The Kier molecular flexibility index (Phi) is 12.4. The maximum atomic E-state index is 12.9. The number of nitrogens with one attached hydrogen (secondary N) is 1. The Labute approximate surface area is 269 Å². The number of nitriles is 1. The summed E-state index contributed by atoms with van der Waals surface area (Å²) < 4.78 is 71.2. The minimum atomic E-state index is -4.68. The molecular formula is C21H21N5Na2O9S2. The molecule has 1 saturated heterocycles. The second-order valence-electron chi connectivity index (χ2n) is 8.51. The van der Waals surface area contributed by atoms with Crippen molar-refractivity contribution in [3.05, 3.63) is 47.9 Å². The predicted molar refractivity (Wildman–Crippen MR) is 125 cm³/mol. The van der Waals surface area contributed by atoms with Gasteiger partial charge in [-0.05, 0) is 50.3 Å². The summed E-state index contributed by atoms with van der Waals surface area (Å²) in [6.45, 7) is 3.16. The predicted octanol–water partition coefficient (Wildman–Crippen LogP) is -6.64. The number of amides is 2. The molecule has 1 aromatic rings. The third-order valence-electron chi connectivity index (χ3n) is 5.29. The SMILES string of the molecule is CC1(C)COC(=CC=C2C(=O)N(c3ccc(S(=O)(=O)[O-])cc3)N=C2C#N)N1CC(=O)NCCS(=O)(=O)[O-].[Na+].[Na+]. The molecule has 14 nitrogen and oxygen atoms in total. The molecule has 1 fully saturated rings. The molecule has 0 aliphatic carbocycles. The Bertz CT molecular complexity index is 1470. The van der Waals surface area contributed by atoms with Crippen LogP contribution in [0.15, 0.2) is 57.9 Å². The third-order valence-corrected chi connectivity index (χ3v) is 6.85. The van der Waals surface area contributed by atoms with Gasteiger partial charge in [0.05, 0.1) is 37.6 Å². The van der Waals surface area contributed by atoms with Gasteiger partial charge in [-0.15, -0.1) is 0 Å². The number of hydrazone groups is 1. The Hall–Kier alpha value is -1.78. The van der Waals surface area contributed by atoms with Gasteiger partial charge in [-0.1, -0.05) is 0 Å². The second kappa shape index (κ2) is 13.7. The number of anilines is 1. The summed E-state index contributed by atoms with van der Waals surface area (Å²) in [4.78, 5) is 26.3.